The average Bonchev–Trinajstić information content (AvgIpc) is 3.59. The number of rotatable bonds is 3. The minimum Gasteiger partial charge on any atom is -0.310 e. The quantitative estimate of drug-likeness (QED) is 0.168. The lowest BCUT2D eigenvalue weighted by Crippen LogP contribution is -2.16. The average molecular weight is 678 g/mol. The zero-order valence-electron chi connectivity index (χ0n) is 30.5. The molecule has 0 amide bonds. The second kappa shape index (κ2) is 10.7. The van der Waals surface area contributed by atoms with Crippen molar-refractivity contribution in [2.75, 3.05) is 4.90 Å². The number of fused-ring (bicyclic) bond motifs is 15. The molecule has 0 aliphatic heterocycles. The molecule has 0 aromatic heterocycles. The largest absolute Gasteiger partial charge is 0.310 e. The Morgan fingerprint density at radius 3 is 1.81 bits per heavy atom. The van der Waals surface area contributed by atoms with E-state index in [2.05, 4.69) is 196 Å². The summed E-state index contributed by atoms with van der Waals surface area (Å²) >= 11 is 0. The van der Waals surface area contributed by atoms with E-state index in [9.17, 15) is 0 Å². The van der Waals surface area contributed by atoms with Crippen molar-refractivity contribution in [2.24, 2.45) is 0 Å². The summed E-state index contributed by atoms with van der Waals surface area (Å²) < 4.78 is 0. The van der Waals surface area contributed by atoms with Crippen molar-refractivity contribution in [3.63, 3.8) is 0 Å². The molecule has 0 bridgehead atoms. The Labute approximate surface area is 310 Å². The molecule has 0 atom stereocenters. The topological polar surface area (TPSA) is 3.24 Å². The maximum absolute atomic E-state index is 2.43. The van der Waals surface area contributed by atoms with Crippen molar-refractivity contribution < 1.29 is 0 Å². The fourth-order valence-corrected chi connectivity index (χ4v) is 10.2. The molecule has 252 valence electrons. The van der Waals surface area contributed by atoms with Crippen molar-refractivity contribution in [1.29, 1.82) is 0 Å². The molecular weight excluding hydrogens is 639 g/mol. The van der Waals surface area contributed by atoms with E-state index in [4.69, 9.17) is 0 Å². The van der Waals surface area contributed by atoms with Gasteiger partial charge in [0, 0.05) is 27.9 Å². The first-order valence-electron chi connectivity index (χ1n) is 18.9. The van der Waals surface area contributed by atoms with Crippen LogP contribution in [0.5, 0.6) is 0 Å². The smallest absolute Gasteiger partial charge is 0.0468 e. The van der Waals surface area contributed by atoms with E-state index in [0.29, 0.717) is 0 Å². The van der Waals surface area contributed by atoms with E-state index >= 15 is 0 Å². The molecule has 0 heterocycles. The third-order valence-electron chi connectivity index (χ3n) is 12.5. The molecule has 53 heavy (non-hydrogen) atoms. The normalized spacial score (nSPS) is 14.7. The molecule has 1 heteroatoms. The first kappa shape index (κ1) is 30.4. The molecule has 0 N–H and O–H groups in total. The molecule has 0 radical (unpaired) electrons. The number of hydrogen-bond acceptors (Lipinski definition) is 1. The molecule has 0 spiro atoms. The van der Waals surface area contributed by atoms with Gasteiger partial charge in [0.1, 0.15) is 0 Å². The first-order valence-corrected chi connectivity index (χ1v) is 18.9. The molecule has 11 rings (SSSR count). The molecule has 0 saturated carbocycles. The summed E-state index contributed by atoms with van der Waals surface area (Å²) in [6.07, 6.45) is 0. The van der Waals surface area contributed by atoms with Crippen LogP contribution < -0.4 is 4.90 Å². The van der Waals surface area contributed by atoms with Crippen LogP contribution in [0.1, 0.15) is 49.9 Å². The molecule has 2 aliphatic rings. The van der Waals surface area contributed by atoms with Crippen LogP contribution in [0, 0.1) is 0 Å². The Morgan fingerprint density at radius 1 is 0.340 bits per heavy atom. The summed E-state index contributed by atoms with van der Waals surface area (Å²) in [4.78, 5) is 2.43. The Morgan fingerprint density at radius 2 is 0.981 bits per heavy atom. The highest BCUT2D eigenvalue weighted by atomic mass is 15.1. The SMILES string of the molecule is CC1(C)c2ccc3ccccc3c2-c2ccc3cc(N(c4ccccc4)c4ccc5c6c(c7ccccc7c5c4)-c4ccccc4C6(C)C)ccc3c21. The molecule has 2 aliphatic carbocycles. The second-order valence-corrected chi connectivity index (χ2v) is 16.1. The van der Waals surface area contributed by atoms with Gasteiger partial charge in [0.15, 0.2) is 0 Å². The number of nitrogens with zero attached hydrogens (tertiary/aromatic N) is 1. The fourth-order valence-electron chi connectivity index (χ4n) is 10.2. The van der Waals surface area contributed by atoms with E-state index in [1.54, 1.807) is 0 Å². The predicted molar refractivity (Wildman–Crippen MR) is 226 cm³/mol. The molecule has 9 aromatic carbocycles. The van der Waals surface area contributed by atoms with Gasteiger partial charge >= 0.3 is 0 Å². The number of para-hydroxylation sites is 1. The van der Waals surface area contributed by atoms with Gasteiger partial charge in [0.25, 0.3) is 0 Å². The van der Waals surface area contributed by atoms with Crippen LogP contribution in [0.2, 0.25) is 0 Å². The van der Waals surface area contributed by atoms with E-state index in [-0.39, 0.29) is 10.8 Å². The van der Waals surface area contributed by atoms with Crippen LogP contribution in [0.15, 0.2) is 164 Å². The number of benzene rings is 9. The zero-order valence-corrected chi connectivity index (χ0v) is 30.5. The monoisotopic (exact) mass is 677 g/mol. The van der Waals surface area contributed by atoms with Gasteiger partial charge in [-0.15, -0.1) is 0 Å². The lowest BCUT2D eigenvalue weighted by molar-refractivity contribution is 0.666. The van der Waals surface area contributed by atoms with Crippen LogP contribution in [-0.4, -0.2) is 0 Å². The highest BCUT2D eigenvalue weighted by Gasteiger charge is 2.39. The molecule has 9 aromatic rings. The molecule has 1 nitrogen and oxygen atoms in total. The Balaban J connectivity index is 1.12. The summed E-state index contributed by atoms with van der Waals surface area (Å²) in [5, 5.41) is 10.5. The molecule has 0 unspecified atom stereocenters. The van der Waals surface area contributed by atoms with Gasteiger partial charge in [0.2, 0.25) is 0 Å². The summed E-state index contributed by atoms with van der Waals surface area (Å²) in [5.41, 5.74) is 14.4. The Bertz CT molecular complexity index is 3000. The minimum absolute atomic E-state index is 0.104. The van der Waals surface area contributed by atoms with Gasteiger partial charge < -0.3 is 4.90 Å². The molecule has 0 fully saturated rings. The van der Waals surface area contributed by atoms with Crippen molar-refractivity contribution in [1.82, 2.24) is 0 Å². The van der Waals surface area contributed by atoms with Crippen LogP contribution in [0.25, 0.3) is 65.3 Å². The zero-order chi connectivity index (χ0) is 35.6. The maximum Gasteiger partial charge on any atom is 0.0468 e. The lowest BCUT2D eigenvalue weighted by Gasteiger charge is -2.28. The third kappa shape index (κ3) is 4.08. The minimum atomic E-state index is -0.109. The Hall–Kier alpha value is -6.18. The standard InChI is InChI=1S/C52H39N/c1-51(2)45-21-13-12-20-42(45)48-40-19-11-10-18-39(40)44-31-36(25-28-41(44)50(48)51)53(34-15-6-5-7-16-34)35-24-27-38-33(30-35)22-26-43-47-37-17-9-8-14-32(37)23-29-46(47)52(3,4)49(38)43/h5-31H,1-4H3. The van der Waals surface area contributed by atoms with Crippen LogP contribution >= 0.6 is 0 Å². The summed E-state index contributed by atoms with van der Waals surface area (Å²) in [6.45, 7) is 9.58. The van der Waals surface area contributed by atoms with Gasteiger partial charge in [-0.05, 0) is 124 Å². The van der Waals surface area contributed by atoms with Crippen LogP contribution in [0.4, 0.5) is 17.1 Å². The second-order valence-electron chi connectivity index (χ2n) is 16.1. The highest BCUT2D eigenvalue weighted by molar-refractivity contribution is 6.19. The van der Waals surface area contributed by atoms with Crippen molar-refractivity contribution >= 4 is 60.2 Å². The third-order valence-corrected chi connectivity index (χ3v) is 12.5. The van der Waals surface area contributed by atoms with E-state index in [1.807, 2.05) is 0 Å². The molecular formula is C52H39N. The summed E-state index contributed by atoms with van der Waals surface area (Å²) in [6, 6.07) is 61.3. The van der Waals surface area contributed by atoms with Crippen LogP contribution in [0.3, 0.4) is 0 Å². The van der Waals surface area contributed by atoms with Crippen molar-refractivity contribution in [2.45, 2.75) is 38.5 Å². The number of anilines is 3. The van der Waals surface area contributed by atoms with Gasteiger partial charge in [-0.25, -0.2) is 0 Å². The highest BCUT2D eigenvalue weighted by Crippen LogP contribution is 2.56. The van der Waals surface area contributed by atoms with Gasteiger partial charge in [-0.1, -0.05) is 155 Å². The van der Waals surface area contributed by atoms with Gasteiger partial charge in [0.05, 0.1) is 0 Å². The van der Waals surface area contributed by atoms with E-state index in [0.717, 1.165) is 17.1 Å². The predicted octanol–water partition coefficient (Wildman–Crippen LogP) is 14.4. The van der Waals surface area contributed by atoms with E-state index in [1.165, 1.54) is 87.6 Å². The van der Waals surface area contributed by atoms with Gasteiger partial charge in [-0.2, -0.15) is 0 Å². The maximum atomic E-state index is 2.43. The summed E-state index contributed by atoms with van der Waals surface area (Å²) in [7, 11) is 0. The molecule has 0 saturated heterocycles. The first-order chi connectivity index (χ1) is 25.8. The van der Waals surface area contributed by atoms with E-state index < -0.39 is 0 Å². The fraction of sp³-hybridized carbons (Fsp3) is 0.115. The lowest BCUT2D eigenvalue weighted by atomic mass is 9.79. The van der Waals surface area contributed by atoms with Crippen LogP contribution in [-0.2, 0) is 10.8 Å². The Kier molecular flexibility index (Phi) is 6.14. The summed E-state index contributed by atoms with van der Waals surface area (Å²) in [5.74, 6) is 0. The van der Waals surface area contributed by atoms with Crippen molar-refractivity contribution in [3.05, 3.63) is 186 Å². The number of hydrogen-bond donors (Lipinski definition) is 0. The van der Waals surface area contributed by atoms with Crippen molar-refractivity contribution in [3.8, 4) is 22.3 Å². The van der Waals surface area contributed by atoms with Gasteiger partial charge in [-0.3, -0.25) is 0 Å².